The number of halogens is 7. The van der Waals surface area contributed by atoms with E-state index in [-0.39, 0.29) is 0 Å². The Kier molecular flexibility index (Phi) is 3.91. The van der Waals surface area contributed by atoms with Crippen molar-refractivity contribution < 1.29 is 40.3 Å². The first-order valence-corrected chi connectivity index (χ1v) is 4.43. The van der Waals surface area contributed by atoms with E-state index < -0.39 is 35.7 Å². The summed E-state index contributed by atoms with van der Waals surface area (Å²) in [5.74, 6) is -5.64. The number of carbonyl (C=O) groups is 1. The van der Waals surface area contributed by atoms with Gasteiger partial charge in [-0.15, -0.1) is 13.2 Å². The van der Waals surface area contributed by atoms with Crippen LogP contribution in [0.5, 0.6) is 5.75 Å². The molecule has 19 heavy (non-hydrogen) atoms. The normalized spacial score (nSPS) is 12.2. The van der Waals surface area contributed by atoms with Crippen molar-refractivity contribution in [3.05, 3.63) is 24.0 Å². The first-order chi connectivity index (χ1) is 8.50. The molecule has 0 saturated heterocycles. The number of carbonyl (C=O) groups excluding carboxylic acids is 1. The molecule has 1 aromatic carbocycles. The van der Waals surface area contributed by atoms with E-state index in [2.05, 4.69) is 4.74 Å². The molecule has 1 N–H and O–H groups in total. The van der Waals surface area contributed by atoms with Crippen molar-refractivity contribution >= 4 is 11.6 Å². The smallest absolute Gasteiger partial charge is 0.403 e. The molecule has 0 heterocycles. The van der Waals surface area contributed by atoms with Crippen LogP contribution in [0.3, 0.4) is 0 Å². The lowest BCUT2D eigenvalue weighted by atomic mass is 10.3. The van der Waals surface area contributed by atoms with Crippen molar-refractivity contribution in [2.75, 3.05) is 5.32 Å². The quantitative estimate of drug-likeness (QED) is 0.850. The highest BCUT2D eigenvalue weighted by Gasteiger charge is 2.39. The molecule has 0 fully saturated rings. The van der Waals surface area contributed by atoms with Gasteiger partial charge < -0.3 is 10.1 Å². The van der Waals surface area contributed by atoms with Gasteiger partial charge in [0.25, 0.3) is 0 Å². The Labute approximate surface area is 101 Å². The number of amides is 1. The second-order valence-corrected chi connectivity index (χ2v) is 3.12. The fraction of sp³-hybridized carbons (Fsp3) is 0.222. The molecular weight excluding hydrogens is 287 g/mol. The van der Waals surface area contributed by atoms with Crippen LogP contribution in [-0.2, 0) is 4.79 Å². The lowest BCUT2D eigenvalue weighted by Gasteiger charge is -2.13. The summed E-state index contributed by atoms with van der Waals surface area (Å²) in [4.78, 5) is 10.5. The Bertz CT molecular complexity index is 480. The minimum atomic E-state index is -5.30. The molecule has 0 spiro atoms. The summed E-state index contributed by atoms with van der Waals surface area (Å²) in [6.07, 6.45) is -10.5. The minimum Gasteiger partial charge on any atom is -0.403 e. The summed E-state index contributed by atoms with van der Waals surface area (Å²) >= 11 is 0. The zero-order valence-electron chi connectivity index (χ0n) is 8.69. The molecule has 1 amide bonds. The number of rotatable bonds is 2. The SMILES string of the molecule is O=C(Nc1cccc(OC(F)(F)F)c1F)C(F)(F)F. The van der Waals surface area contributed by atoms with Gasteiger partial charge in [0.15, 0.2) is 11.6 Å². The molecule has 0 atom stereocenters. The van der Waals surface area contributed by atoms with Crippen LogP contribution in [0.15, 0.2) is 18.2 Å². The Balaban J connectivity index is 2.99. The number of nitrogens with one attached hydrogen (secondary N) is 1. The molecule has 0 unspecified atom stereocenters. The molecule has 1 aromatic rings. The third kappa shape index (κ3) is 4.30. The highest BCUT2D eigenvalue weighted by atomic mass is 19.4. The first-order valence-electron chi connectivity index (χ1n) is 4.43. The van der Waals surface area contributed by atoms with Gasteiger partial charge in [0.1, 0.15) is 0 Å². The summed E-state index contributed by atoms with van der Waals surface area (Å²) in [6.45, 7) is 0. The van der Waals surface area contributed by atoms with Crippen LogP contribution < -0.4 is 10.1 Å². The van der Waals surface area contributed by atoms with E-state index in [4.69, 9.17) is 0 Å². The Morgan fingerprint density at radius 2 is 1.68 bits per heavy atom. The van der Waals surface area contributed by atoms with E-state index in [0.717, 1.165) is 11.4 Å². The van der Waals surface area contributed by atoms with E-state index >= 15 is 0 Å². The molecule has 1 rings (SSSR count). The number of benzene rings is 1. The van der Waals surface area contributed by atoms with Crippen LogP contribution >= 0.6 is 0 Å². The highest BCUT2D eigenvalue weighted by Crippen LogP contribution is 2.30. The number of ether oxygens (including phenoxy) is 1. The first kappa shape index (κ1) is 15.1. The number of alkyl halides is 6. The van der Waals surface area contributed by atoms with Gasteiger partial charge in [-0.25, -0.2) is 4.39 Å². The van der Waals surface area contributed by atoms with E-state index in [0.29, 0.717) is 12.1 Å². The second-order valence-electron chi connectivity index (χ2n) is 3.12. The second kappa shape index (κ2) is 4.94. The largest absolute Gasteiger partial charge is 0.573 e. The Morgan fingerprint density at radius 3 is 2.16 bits per heavy atom. The maximum absolute atomic E-state index is 13.3. The predicted molar refractivity (Wildman–Crippen MR) is 47.8 cm³/mol. The van der Waals surface area contributed by atoms with Crippen LogP contribution in [0.1, 0.15) is 0 Å². The van der Waals surface area contributed by atoms with Crippen LogP contribution in [0.25, 0.3) is 0 Å². The maximum atomic E-state index is 13.3. The van der Waals surface area contributed by atoms with E-state index in [9.17, 15) is 35.5 Å². The van der Waals surface area contributed by atoms with Gasteiger partial charge in [0.05, 0.1) is 5.69 Å². The number of anilines is 1. The molecule has 0 aromatic heterocycles. The average molecular weight is 291 g/mol. The lowest BCUT2D eigenvalue weighted by molar-refractivity contribution is -0.275. The van der Waals surface area contributed by atoms with E-state index in [1.807, 2.05) is 0 Å². The van der Waals surface area contributed by atoms with Crippen molar-refractivity contribution in [3.63, 3.8) is 0 Å². The van der Waals surface area contributed by atoms with Crippen LogP contribution in [0.2, 0.25) is 0 Å². The van der Waals surface area contributed by atoms with Gasteiger partial charge in [0.2, 0.25) is 0 Å². The molecule has 0 bridgehead atoms. The fourth-order valence-corrected chi connectivity index (χ4v) is 1.00. The molecule has 0 aliphatic heterocycles. The molecule has 0 aliphatic rings. The van der Waals surface area contributed by atoms with Crippen LogP contribution in [0, 0.1) is 5.82 Å². The predicted octanol–water partition coefficient (Wildman–Crippen LogP) is 3.23. The molecule has 106 valence electrons. The zero-order chi connectivity index (χ0) is 14.8. The van der Waals surface area contributed by atoms with Crippen molar-refractivity contribution in [3.8, 4) is 5.75 Å². The van der Waals surface area contributed by atoms with Gasteiger partial charge in [-0.3, -0.25) is 4.79 Å². The third-order valence-corrected chi connectivity index (χ3v) is 1.69. The topological polar surface area (TPSA) is 38.3 Å². The number of hydrogen-bond donors (Lipinski definition) is 1. The standard InChI is InChI=1S/C9H4F7NO2/c10-6-4(17-7(18)8(11,12)13)2-1-3-5(6)19-9(14,15)16/h1-3H,(H,17,18). The third-order valence-electron chi connectivity index (χ3n) is 1.69. The fourth-order valence-electron chi connectivity index (χ4n) is 1.00. The lowest BCUT2D eigenvalue weighted by Crippen LogP contribution is -2.30. The molecule has 3 nitrogen and oxygen atoms in total. The Hall–Kier alpha value is -2.00. The van der Waals surface area contributed by atoms with Gasteiger partial charge in [-0.1, -0.05) is 6.07 Å². The summed E-state index contributed by atoms with van der Waals surface area (Å²) < 4.78 is 87.8. The summed E-state index contributed by atoms with van der Waals surface area (Å²) in [5.41, 5.74) is -1.08. The monoisotopic (exact) mass is 291 g/mol. The van der Waals surface area contributed by atoms with Gasteiger partial charge >= 0.3 is 18.4 Å². The number of hydrogen-bond acceptors (Lipinski definition) is 2. The van der Waals surface area contributed by atoms with Crippen molar-refractivity contribution in [1.82, 2.24) is 0 Å². The van der Waals surface area contributed by atoms with Gasteiger partial charge in [-0.2, -0.15) is 13.2 Å². The van der Waals surface area contributed by atoms with E-state index in [1.54, 1.807) is 0 Å². The van der Waals surface area contributed by atoms with Crippen molar-refractivity contribution in [1.29, 1.82) is 0 Å². The van der Waals surface area contributed by atoms with Crippen LogP contribution in [0.4, 0.5) is 36.4 Å². The summed E-state index contributed by atoms with van der Waals surface area (Å²) in [6, 6.07) is 1.99. The zero-order valence-corrected chi connectivity index (χ0v) is 8.69. The Morgan fingerprint density at radius 1 is 1.11 bits per heavy atom. The van der Waals surface area contributed by atoms with Crippen molar-refractivity contribution in [2.45, 2.75) is 12.5 Å². The highest BCUT2D eigenvalue weighted by molar-refractivity contribution is 5.95. The van der Waals surface area contributed by atoms with Crippen LogP contribution in [-0.4, -0.2) is 18.4 Å². The van der Waals surface area contributed by atoms with E-state index in [1.165, 1.54) is 0 Å². The maximum Gasteiger partial charge on any atom is 0.573 e. The van der Waals surface area contributed by atoms with Crippen molar-refractivity contribution in [2.24, 2.45) is 0 Å². The van der Waals surface area contributed by atoms with Gasteiger partial charge in [0, 0.05) is 0 Å². The average Bonchev–Trinajstić information content (AvgIpc) is 2.20. The molecule has 0 saturated carbocycles. The van der Waals surface area contributed by atoms with Gasteiger partial charge in [-0.05, 0) is 12.1 Å². The molecule has 0 radical (unpaired) electrons. The molecule has 0 aliphatic carbocycles. The summed E-state index contributed by atoms with van der Waals surface area (Å²) in [7, 11) is 0. The summed E-state index contributed by atoms with van der Waals surface area (Å²) in [5, 5.41) is 1.09. The minimum absolute atomic E-state index is 0.548. The molecular formula is C9H4F7NO2. The molecule has 10 heteroatoms.